The number of nitrogens with one attached hydrogen (secondary N) is 1. The van der Waals surface area contributed by atoms with Gasteiger partial charge in [-0.25, -0.2) is 0 Å². The minimum absolute atomic E-state index is 0.267. The summed E-state index contributed by atoms with van der Waals surface area (Å²) >= 11 is 0. The first-order valence-electron chi connectivity index (χ1n) is 9.35. The molecule has 148 valence electrons. The second kappa shape index (κ2) is 9.43. The molecule has 6 nitrogen and oxygen atoms in total. The van der Waals surface area contributed by atoms with Crippen LogP contribution in [0.3, 0.4) is 0 Å². The highest BCUT2D eigenvalue weighted by Gasteiger charge is 2.23. The number of aliphatic hydroxyl groups excluding tert-OH is 1. The summed E-state index contributed by atoms with van der Waals surface area (Å²) < 4.78 is 19.6. The van der Waals surface area contributed by atoms with Crippen LogP contribution in [-0.4, -0.2) is 34.3 Å². The van der Waals surface area contributed by atoms with E-state index < -0.39 is 5.95 Å². The molecule has 1 atom stereocenters. The Kier molecular flexibility index (Phi) is 6.73. The number of nitrogens with two attached hydrogens (primary N) is 1. The third-order valence-electron chi connectivity index (χ3n) is 4.21. The van der Waals surface area contributed by atoms with Gasteiger partial charge in [0, 0.05) is 35.6 Å². The van der Waals surface area contributed by atoms with E-state index in [2.05, 4.69) is 15.3 Å². The van der Waals surface area contributed by atoms with Crippen molar-refractivity contribution in [1.82, 2.24) is 9.97 Å². The Bertz CT molecular complexity index is 902. The number of aliphatic hydroxyl groups is 1. The number of benzene rings is 1. The fraction of sp³-hybridized carbons (Fsp3) is 0.333. The Morgan fingerprint density at radius 2 is 2.00 bits per heavy atom. The highest BCUT2D eigenvalue weighted by molar-refractivity contribution is 5.95. The van der Waals surface area contributed by atoms with E-state index in [-0.39, 0.29) is 12.0 Å². The molecule has 2 aromatic heterocycles. The number of pyridine rings is 2. The molecule has 1 aromatic carbocycles. The van der Waals surface area contributed by atoms with Crippen LogP contribution < -0.4 is 15.8 Å². The fourth-order valence-electron chi connectivity index (χ4n) is 2.46. The normalized spacial score (nSPS) is 14.1. The largest absolute Gasteiger partial charge is 0.476 e. The van der Waals surface area contributed by atoms with Gasteiger partial charge in [0.25, 0.3) is 0 Å². The molecule has 3 aromatic rings. The van der Waals surface area contributed by atoms with Crippen molar-refractivity contribution in [2.45, 2.75) is 25.9 Å². The molecule has 0 amide bonds. The lowest BCUT2D eigenvalue weighted by molar-refractivity contribution is 0.203. The lowest BCUT2D eigenvalue weighted by atomic mass is 10.2. The number of rotatable bonds is 6. The van der Waals surface area contributed by atoms with Crippen molar-refractivity contribution in [2.75, 3.05) is 18.5 Å². The van der Waals surface area contributed by atoms with Crippen LogP contribution in [0, 0.1) is 11.9 Å². The van der Waals surface area contributed by atoms with Crippen molar-refractivity contribution >= 4 is 22.3 Å². The van der Waals surface area contributed by atoms with Gasteiger partial charge in [-0.05, 0) is 43.9 Å². The summed E-state index contributed by atoms with van der Waals surface area (Å²) in [4.78, 5) is 8.20. The number of halogens is 1. The van der Waals surface area contributed by atoms with Crippen LogP contribution in [0.1, 0.15) is 19.8 Å². The van der Waals surface area contributed by atoms with Crippen molar-refractivity contribution in [3.63, 3.8) is 0 Å². The average Bonchev–Trinajstić information content (AvgIpc) is 3.52. The molecule has 1 fully saturated rings. The maximum Gasteiger partial charge on any atom is 0.243 e. The van der Waals surface area contributed by atoms with Crippen LogP contribution in [-0.2, 0) is 0 Å². The molecule has 0 saturated heterocycles. The van der Waals surface area contributed by atoms with Gasteiger partial charge in [-0.15, -0.1) is 0 Å². The molecule has 1 aliphatic carbocycles. The minimum Gasteiger partial charge on any atom is -0.476 e. The molecule has 28 heavy (non-hydrogen) atoms. The van der Waals surface area contributed by atoms with Gasteiger partial charge in [0.15, 0.2) is 0 Å². The van der Waals surface area contributed by atoms with E-state index in [0.29, 0.717) is 30.0 Å². The van der Waals surface area contributed by atoms with Gasteiger partial charge in [0.05, 0.1) is 12.7 Å². The Morgan fingerprint density at radius 1 is 1.29 bits per heavy atom. The molecule has 7 heteroatoms. The van der Waals surface area contributed by atoms with E-state index in [4.69, 9.17) is 15.6 Å². The molecular formula is C21H25FN4O2. The van der Waals surface area contributed by atoms with Crippen LogP contribution in [0.15, 0.2) is 48.7 Å². The third kappa shape index (κ3) is 5.61. The van der Waals surface area contributed by atoms with Crippen molar-refractivity contribution < 1.29 is 14.2 Å². The summed E-state index contributed by atoms with van der Waals surface area (Å²) in [7, 11) is 0. The highest BCUT2D eigenvalue weighted by Crippen LogP contribution is 2.33. The lowest BCUT2D eigenvalue weighted by Gasteiger charge is -2.12. The monoisotopic (exact) mass is 384 g/mol. The summed E-state index contributed by atoms with van der Waals surface area (Å²) in [5.41, 5.74) is 7.20. The predicted octanol–water partition coefficient (Wildman–Crippen LogP) is 3.63. The Morgan fingerprint density at radius 3 is 2.64 bits per heavy atom. The van der Waals surface area contributed by atoms with E-state index >= 15 is 0 Å². The molecule has 0 bridgehead atoms. The number of para-hydroxylation sites is 1. The first-order chi connectivity index (χ1) is 13.6. The van der Waals surface area contributed by atoms with E-state index in [1.165, 1.54) is 18.9 Å². The highest BCUT2D eigenvalue weighted by atomic mass is 19.1. The molecule has 4 N–H and O–H groups in total. The van der Waals surface area contributed by atoms with Crippen molar-refractivity contribution in [3.8, 4) is 5.88 Å². The van der Waals surface area contributed by atoms with Crippen molar-refractivity contribution in [2.24, 2.45) is 11.7 Å². The number of hydrogen-bond acceptors (Lipinski definition) is 6. The molecular weight excluding hydrogens is 359 g/mol. The molecule has 0 spiro atoms. The summed E-state index contributed by atoms with van der Waals surface area (Å²) in [6.07, 6.45) is 3.68. The molecule has 0 aliphatic heterocycles. The standard InChI is InChI=1S/C18H16FN3O.C3H9NO/c19-16-10-14-15(21-13-4-2-1-3-5-13)8-9-20-17(14)18(22-16)23-11-12-6-7-12;1-3(5)2-4/h1-5,8-10,12H,6-7,11H2,(H,20,21);3,5H,2,4H2,1H3. The number of anilines is 2. The minimum atomic E-state index is -0.563. The number of fused-ring (bicyclic) bond motifs is 1. The molecule has 0 radical (unpaired) electrons. The Hall–Kier alpha value is -2.77. The molecule has 2 heterocycles. The summed E-state index contributed by atoms with van der Waals surface area (Å²) in [5.74, 6) is 0.275. The number of aromatic nitrogens is 2. The number of hydrogen-bond donors (Lipinski definition) is 3. The SMILES string of the molecule is CC(O)CN.Fc1cc2c(Nc3ccccc3)ccnc2c(OCC2CC2)n1. The van der Waals surface area contributed by atoms with Crippen molar-refractivity contribution in [1.29, 1.82) is 0 Å². The number of ether oxygens (including phenoxy) is 1. The van der Waals surface area contributed by atoms with Crippen LogP contribution >= 0.6 is 0 Å². The van der Waals surface area contributed by atoms with Crippen molar-refractivity contribution in [3.05, 3.63) is 54.6 Å². The van der Waals surface area contributed by atoms with Gasteiger partial charge >= 0.3 is 0 Å². The zero-order valence-corrected chi connectivity index (χ0v) is 15.8. The molecule has 4 rings (SSSR count). The van der Waals surface area contributed by atoms with E-state index in [1.54, 1.807) is 13.1 Å². The first-order valence-corrected chi connectivity index (χ1v) is 9.35. The fourth-order valence-corrected chi connectivity index (χ4v) is 2.46. The number of nitrogens with zero attached hydrogens (tertiary/aromatic N) is 2. The van der Waals surface area contributed by atoms with Crippen LogP contribution in [0.2, 0.25) is 0 Å². The third-order valence-corrected chi connectivity index (χ3v) is 4.21. The smallest absolute Gasteiger partial charge is 0.243 e. The van der Waals surface area contributed by atoms with E-state index in [1.807, 2.05) is 36.4 Å². The van der Waals surface area contributed by atoms with Gasteiger partial charge in [-0.1, -0.05) is 18.2 Å². The molecule has 1 aliphatic rings. The maximum atomic E-state index is 13.9. The predicted molar refractivity (Wildman–Crippen MR) is 108 cm³/mol. The Balaban J connectivity index is 0.000000403. The van der Waals surface area contributed by atoms with Crippen LogP contribution in [0.5, 0.6) is 5.88 Å². The first kappa shape index (κ1) is 20.0. The molecule has 1 saturated carbocycles. The van der Waals surface area contributed by atoms with Crippen LogP contribution in [0.4, 0.5) is 15.8 Å². The van der Waals surface area contributed by atoms with Gasteiger partial charge < -0.3 is 20.9 Å². The zero-order chi connectivity index (χ0) is 19.9. The van der Waals surface area contributed by atoms with E-state index in [9.17, 15) is 4.39 Å². The second-order valence-corrected chi connectivity index (χ2v) is 6.83. The van der Waals surface area contributed by atoms with E-state index in [0.717, 1.165) is 11.4 Å². The summed E-state index contributed by atoms with van der Waals surface area (Å²) in [6.45, 7) is 2.59. The topological polar surface area (TPSA) is 93.3 Å². The molecule has 1 unspecified atom stereocenters. The van der Waals surface area contributed by atoms with Crippen LogP contribution in [0.25, 0.3) is 10.9 Å². The van der Waals surface area contributed by atoms with Gasteiger partial charge in [0.1, 0.15) is 5.52 Å². The summed E-state index contributed by atoms with van der Waals surface area (Å²) in [5, 5.41) is 12.2. The van der Waals surface area contributed by atoms with Gasteiger partial charge in [-0.3, -0.25) is 4.98 Å². The lowest BCUT2D eigenvalue weighted by Crippen LogP contribution is -2.14. The maximum absolute atomic E-state index is 13.9. The zero-order valence-electron chi connectivity index (χ0n) is 15.8. The van der Waals surface area contributed by atoms with Gasteiger partial charge in [0.2, 0.25) is 11.8 Å². The average molecular weight is 384 g/mol. The van der Waals surface area contributed by atoms with Gasteiger partial charge in [-0.2, -0.15) is 9.37 Å². The Labute approximate surface area is 163 Å². The summed E-state index contributed by atoms with van der Waals surface area (Å²) in [6, 6.07) is 12.9. The quantitative estimate of drug-likeness (QED) is 0.562. The second-order valence-electron chi connectivity index (χ2n) is 6.83.